The zero-order valence-electron chi connectivity index (χ0n) is 17.8. The number of rotatable bonds is 6. The van der Waals surface area contributed by atoms with E-state index >= 15 is 0 Å². The van der Waals surface area contributed by atoms with Crippen molar-refractivity contribution in [3.8, 4) is 17.2 Å². The maximum atomic E-state index is 13.4. The third-order valence-electron chi connectivity index (χ3n) is 5.58. The van der Waals surface area contributed by atoms with Crippen LogP contribution in [-0.4, -0.2) is 38.2 Å². The van der Waals surface area contributed by atoms with Crippen LogP contribution in [0.15, 0.2) is 60.7 Å². The van der Waals surface area contributed by atoms with Crippen molar-refractivity contribution in [1.82, 2.24) is 4.90 Å². The normalized spacial score (nSPS) is 15.1. The molecule has 1 aliphatic heterocycles. The van der Waals surface area contributed by atoms with E-state index < -0.39 is 11.9 Å². The van der Waals surface area contributed by atoms with Crippen molar-refractivity contribution in [3.63, 3.8) is 0 Å². The molecule has 0 saturated carbocycles. The smallest absolute Gasteiger partial charge is 0.254 e. The Bertz CT molecular complexity index is 1100. The number of fused-ring (bicyclic) bond motifs is 1. The lowest BCUT2D eigenvalue weighted by atomic mass is 9.91. The molecule has 0 radical (unpaired) electrons. The quantitative estimate of drug-likeness (QED) is 0.554. The number of benzene rings is 3. The van der Waals surface area contributed by atoms with Crippen LogP contribution in [0.1, 0.15) is 27.5 Å². The van der Waals surface area contributed by atoms with Gasteiger partial charge in [0.15, 0.2) is 11.5 Å². The predicted octanol–water partition coefficient (Wildman–Crippen LogP) is 4.80. The molecular weight excluding hydrogens is 416 g/mol. The lowest BCUT2D eigenvalue weighted by Gasteiger charge is -2.37. The summed E-state index contributed by atoms with van der Waals surface area (Å²) < 4.78 is 43.4. The third kappa shape index (κ3) is 4.37. The Morgan fingerprint density at radius 1 is 0.938 bits per heavy atom. The van der Waals surface area contributed by atoms with Crippen LogP contribution in [0.3, 0.4) is 0 Å². The molecular formula is C25H23F2NO4. The van der Waals surface area contributed by atoms with Crippen LogP contribution in [0.5, 0.6) is 17.2 Å². The molecule has 1 aliphatic rings. The van der Waals surface area contributed by atoms with E-state index in [0.29, 0.717) is 35.8 Å². The van der Waals surface area contributed by atoms with Gasteiger partial charge in [-0.15, -0.1) is 0 Å². The van der Waals surface area contributed by atoms with Gasteiger partial charge in [0.25, 0.3) is 5.91 Å². The minimum Gasteiger partial charge on any atom is -0.493 e. The molecule has 0 bridgehead atoms. The maximum absolute atomic E-state index is 13.4. The van der Waals surface area contributed by atoms with E-state index in [1.807, 2.05) is 12.1 Å². The van der Waals surface area contributed by atoms with Gasteiger partial charge in [-0.1, -0.05) is 0 Å². The average Bonchev–Trinajstić information content (AvgIpc) is 2.82. The molecule has 3 aromatic carbocycles. The molecule has 0 N–H and O–H groups in total. The third-order valence-corrected chi connectivity index (χ3v) is 5.58. The minimum absolute atomic E-state index is 0.154. The summed E-state index contributed by atoms with van der Waals surface area (Å²) in [6.07, 6.45) is 0.621. The van der Waals surface area contributed by atoms with Crippen molar-refractivity contribution < 1.29 is 27.8 Å². The molecule has 3 aromatic rings. The largest absolute Gasteiger partial charge is 0.493 e. The highest BCUT2D eigenvalue weighted by Crippen LogP contribution is 2.39. The van der Waals surface area contributed by atoms with E-state index in [0.717, 1.165) is 11.1 Å². The van der Waals surface area contributed by atoms with E-state index in [1.54, 1.807) is 31.3 Å². The Labute approximate surface area is 185 Å². The Morgan fingerprint density at radius 2 is 1.53 bits per heavy atom. The Kier molecular flexibility index (Phi) is 6.25. The number of methoxy groups -OCH3 is 2. The van der Waals surface area contributed by atoms with Gasteiger partial charge in [0.05, 0.1) is 20.3 Å². The molecule has 0 spiro atoms. The molecule has 0 aliphatic carbocycles. The van der Waals surface area contributed by atoms with Gasteiger partial charge in [0.2, 0.25) is 0 Å². The Morgan fingerprint density at radius 3 is 2.16 bits per heavy atom. The van der Waals surface area contributed by atoms with Crippen molar-refractivity contribution in [1.29, 1.82) is 0 Å². The van der Waals surface area contributed by atoms with Crippen LogP contribution in [0.2, 0.25) is 0 Å². The fourth-order valence-corrected chi connectivity index (χ4v) is 3.92. The summed E-state index contributed by atoms with van der Waals surface area (Å²) in [4.78, 5) is 15.0. The summed E-state index contributed by atoms with van der Waals surface area (Å²) in [6.45, 7) is 0.608. The highest BCUT2D eigenvalue weighted by molar-refractivity contribution is 5.94. The second kappa shape index (κ2) is 9.26. The van der Waals surface area contributed by atoms with Crippen LogP contribution in [0, 0.1) is 11.6 Å². The fraction of sp³-hybridized carbons (Fsp3) is 0.240. The number of hydrogen-bond acceptors (Lipinski definition) is 4. The second-order valence-electron chi connectivity index (χ2n) is 7.44. The molecule has 5 nitrogen and oxygen atoms in total. The van der Waals surface area contributed by atoms with Crippen molar-refractivity contribution in [2.24, 2.45) is 0 Å². The summed E-state index contributed by atoms with van der Waals surface area (Å²) in [5.74, 6) is 0.673. The monoisotopic (exact) mass is 439 g/mol. The summed E-state index contributed by atoms with van der Waals surface area (Å²) >= 11 is 0. The number of carbonyl (C=O) groups excluding carboxylic acids is 1. The van der Waals surface area contributed by atoms with Crippen molar-refractivity contribution in [2.75, 3.05) is 27.4 Å². The Hall–Kier alpha value is -3.61. The number of amides is 1. The number of halogens is 2. The summed E-state index contributed by atoms with van der Waals surface area (Å²) in [5.41, 5.74) is 2.30. The SMILES string of the molecule is COc1cc2c(cc1OC)[C@@H](COc1ccc(F)cc1)N(C(=O)c1ccc(F)cc1)CC2. The number of nitrogens with zero attached hydrogens (tertiary/aromatic N) is 1. The van der Waals surface area contributed by atoms with E-state index in [9.17, 15) is 13.6 Å². The van der Waals surface area contributed by atoms with Crippen molar-refractivity contribution in [3.05, 3.63) is 89.0 Å². The van der Waals surface area contributed by atoms with Gasteiger partial charge < -0.3 is 19.1 Å². The topological polar surface area (TPSA) is 48.0 Å². The lowest BCUT2D eigenvalue weighted by Crippen LogP contribution is -2.42. The molecule has 0 unspecified atom stereocenters. The maximum Gasteiger partial charge on any atom is 0.254 e. The van der Waals surface area contributed by atoms with E-state index in [4.69, 9.17) is 14.2 Å². The molecule has 32 heavy (non-hydrogen) atoms. The zero-order chi connectivity index (χ0) is 22.7. The van der Waals surface area contributed by atoms with Crippen LogP contribution < -0.4 is 14.2 Å². The first kappa shape index (κ1) is 21.6. The van der Waals surface area contributed by atoms with Gasteiger partial charge >= 0.3 is 0 Å². The first-order valence-electron chi connectivity index (χ1n) is 10.2. The lowest BCUT2D eigenvalue weighted by molar-refractivity contribution is 0.0589. The number of hydrogen-bond donors (Lipinski definition) is 0. The van der Waals surface area contributed by atoms with Gasteiger partial charge in [-0.05, 0) is 78.2 Å². The summed E-state index contributed by atoms with van der Waals surface area (Å²) in [7, 11) is 3.13. The van der Waals surface area contributed by atoms with Crippen molar-refractivity contribution in [2.45, 2.75) is 12.5 Å². The highest BCUT2D eigenvalue weighted by atomic mass is 19.1. The highest BCUT2D eigenvalue weighted by Gasteiger charge is 2.33. The van der Waals surface area contributed by atoms with Gasteiger partial charge in [0, 0.05) is 12.1 Å². The van der Waals surface area contributed by atoms with Crippen LogP contribution >= 0.6 is 0 Å². The first-order valence-corrected chi connectivity index (χ1v) is 10.2. The molecule has 1 heterocycles. The molecule has 0 saturated heterocycles. The van der Waals surface area contributed by atoms with Crippen LogP contribution in [0.4, 0.5) is 8.78 Å². The van der Waals surface area contributed by atoms with Crippen LogP contribution in [0.25, 0.3) is 0 Å². The minimum atomic E-state index is -0.429. The van der Waals surface area contributed by atoms with Crippen LogP contribution in [-0.2, 0) is 6.42 Å². The van der Waals surface area contributed by atoms with Gasteiger partial charge in [-0.3, -0.25) is 4.79 Å². The summed E-state index contributed by atoms with van der Waals surface area (Å²) in [6, 6.07) is 14.5. The molecule has 0 fully saturated rings. The molecule has 1 atom stereocenters. The van der Waals surface area contributed by atoms with E-state index in [-0.39, 0.29) is 18.3 Å². The summed E-state index contributed by atoms with van der Waals surface area (Å²) in [5, 5.41) is 0. The zero-order valence-corrected chi connectivity index (χ0v) is 17.8. The molecule has 0 aromatic heterocycles. The number of carbonyl (C=O) groups is 1. The van der Waals surface area contributed by atoms with E-state index in [1.165, 1.54) is 36.4 Å². The standard InChI is InChI=1S/C25H23F2NO4/c1-30-23-13-17-11-12-28(25(29)16-3-5-18(26)6-4-16)22(21(17)14-24(23)31-2)15-32-20-9-7-19(27)8-10-20/h3-10,13-14,22H,11-12,15H2,1-2H3/t22-/m1/s1. The van der Waals surface area contributed by atoms with Gasteiger partial charge in [0.1, 0.15) is 24.0 Å². The van der Waals surface area contributed by atoms with Crippen molar-refractivity contribution >= 4 is 5.91 Å². The predicted molar refractivity (Wildman–Crippen MR) is 115 cm³/mol. The fourth-order valence-electron chi connectivity index (χ4n) is 3.92. The Balaban J connectivity index is 1.69. The van der Waals surface area contributed by atoms with E-state index in [2.05, 4.69) is 0 Å². The molecule has 7 heteroatoms. The number of ether oxygens (including phenoxy) is 3. The first-order chi connectivity index (χ1) is 15.5. The van der Waals surface area contributed by atoms with Gasteiger partial charge in [-0.25, -0.2) is 8.78 Å². The van der Waals surface area contributed by atoms with Gasteiger partial charge in [-0.2, -0.15) is 0 Å². The second-order valence-corrected chi connectivity index (χ2v) is 7.44. The molecule has 166 valence electrons. The molecule has 4 rings (SSSR count). The molecule has 1 amide bonds. The average molecular weight is 439 g/mol.